The fourth-order valence-corrected chi connectivity index (χ4v) is 1.89. The Balaban J connectivity index is 2.02. The van der Waals surface area contributed by atoms with E-state index in [1.54, 1.807) is 19.3 Å². The van der Waals surface area contributed by atoms with E-state index in [9.17, 15) is 4.79 Å². The molecular formula is C17H19NO3. The summed E-state index contributed by atoms with van der Waals surface area (Å²) in [5.74, 6) is -0.566. The highest BCUT2D eigenvalue weighted by atomic mass is 16.5. The fraction of sp³-hybridized carbons (Fsp3) is 0.235. The Bertz CT molecular complexity index is 591. The molecule has 0 aromatic heterocycles. The summed E-state index contributed by atoms with van der Waals surface area (Å²) in [6, 6.07) is 18.1. The Kier molecular flexibility index (Phi) is 4.73. The molecule has 4 heteroatoms. The molecule has 2 rings (SSSR count). The third kappa shape index (κ3) is 3.90. The molecule has 2 N–H and O–H groups in total. The minimum Gasteiger partial charge on any atom is -0.361 e. The number of nitrogens with one attached hydrogen (secondary N) is 1. The van der Waals surface area contributed by atoms with E-state index in [0.29, 0.717) is 6.61 Å². The van der Waals surface area contributed by atoms with Crippen LogP contribution in [0, 0.1) is 0 Å². The molecule has 0 spiro atoms. The molecule has 0 radical (unpaired) electrons. The number of benzene rings is 2. The zero-order valence-electron chi connectivity index (χ0n) is 12.2. The second-order valence-corrected chi connectivity index (χ2v) is 5.30. The molecule has 4 nitrogen and oxygen atoms in total. The fourth-order valence-electron chi connectivity index (χ4n) is 1.89. The Morgan fingerprint density at radius 3 is 2.19 bits per heavy atom. The number of hydrogen-bond acceptors (Lipinski definition) is 3. The molecule has 0 aliphatic carbocycles. The molecule has 1 amide bonds. The molecular weight excluding hydrogens is 266 g/mol. The number of hydroxylamine groups is 1. The van der Waals surface area contributed by atoms with Gasteiger partial charge in [0.15, 0.2) is 0 Å². The first-order chi connectivity index (χ1) is 10.0. The molecule has 0 atom stereocenters. The summed E-state index contributed by atoms with van der Waals surface area (Å²) in [5, 5.41) is 8.65. The number of carbonyl (C=O) groups is 1. The van der Waals surface area contributed by atoms with Gasteiger partial charge >= 0.3 is 0 Å². The summed E-state index contributed by atoms with van der Waals surface area (Å²) in [6.07, 6.45) is 0. The van der Waals surface area contributed by atoms with E-state index in [2.05, 4.69) is 12.1 Å². The van der Waals surface area contributed by atoms with Gasteiger partial charge in [-0.15, -0.1) is 0 Å². The maximum Gasteiger partial charge on any atom is 0.274 e. The topological polar surface area (TPSA) is 58.6 Å². The third-order valence-electron chi connectivity index (χ3n) is 3.31. The van der Waals surface area contributed by atoms with E-state index in [0.717, 1.165) is 16.7 Å². The smallest absolute Gasteiger partial charge is 0.274 e. The van der Waals surface area contributed by atoms with Crippen LogP contribution in [0.15, 0.2) is 54.6 Å². The predicted molar refractivity (Wildman–Crippen MR) is 80.7 cm³/mol. The molecule has 0 unspecified atom stereocenters. The van der Waals surface area contributed by atoms with Gasteiger partial charge in [-0.25, -0.2) is 5.48 Å². The zero-order chi connectivity index (χ0) is 15.3. The lowest BCUT2D eigenvalue weighted by Gasteiger charge is -2.22. The van der Waals surface area contributed by atoms with Crippen LogP contribution in [0.25, 0.3) is 11.1 Å². The second kappa shape index (κ2) is 6.52. The first-order valence-electron chi connectivity index (χ1n) is 6.76. The lowest BCUT2D eigenvalue weighted by molar-refractivity contribution is -0.153. The SMILES string of the molecule is CC(C)(OCc1ccc(-c2ccccc2)cc1)C(=O)NO. The normalized spacial score (nSPS) is 11.2. The Labute approximate surface area is 124 Å². The number of amides is 1. The second-order valence-electron chi connectivity index (χ2n) is 5.30. The molecule has 0 fully saturated rings. The minimum atomic E-state index is -1.08. The monoisotopic (exact) mass is 285 g/mol. The first kappa shape index (κ1) is 15.2. The van der Waals surface area contributed by atoms with Gasteiger partial charge in [0.2, 0.25) is 0 Å². The van der Waals surface area contributed by atoms with E-state index in [-0.39, 0.29) is 0 Å². The first-order valence-corrected chi connectivity index (χ1v) is 6.76. The number of hydrogen-bond donors (Lipinski definition) is 2. The van der Waals surface area contributed by atoms with Crippen molar-refractivity contribution in [1.82, 2.24) is 5.48 Å². The number of carbonyl (C=O) groups excluding carboxylic acids is 1. The molecule has 0 saturated heterocycles. The summed E-state index contributed by atoms with van der Waals surface area (Å²) in [7, 11) is 0. The van der Waals surface area contributed by atoms with Gasteiger partial charge in [-0.05, 0) is 30.5 Å². The molecule has 2 aromatic rings. The third-order valence-corrected chi connectivity index (χ3v) is 3.31. The van der Waals surface area contributed by atoms with Gasteiger partial charge in [0.25, 0.3) is 5.91 Å². The molecule has 0 bridgehead atoms. The van der Waals surface area contributed by atoms with E-state index in [1.807, 2.05) is 42.5 Å². The van der Waals surface area contributed by atoms with E-state index in [1.165, 1.54) is 0 Å². The van der Waals surface area contributed by atoms with Gasteiger partial charge in [0.1, 0.15) is 5.60 Å². The Hall–Kier alpha value is -2.17. The standard InChI is InChI=1S/C17H19NO3/c1-17(2,16(19)18-20)21-12-13-8-10-15(11-9-13)14-6-4-3-5-7-14/h3-11,20H,12H2,1-2H3,(H,18,19). The van der Waals surface area contributed by atoms with Gasteiger partial charge in [-0.2, -0.15) is 0 Å². The van der Waals surface area contributed by atoms with Gasteiger partial charge in [0.05, 0.1) is 6.61 Å². The van der Waals surface area contributed by atoms with E-state index >= 15 is 0 Å². The number of ether oxygens (including phenoxy) is 1. The summed E-state index contributed by atoms with van der Waals surface area (Å²) < 4.78 is 5.54. The van der Waals surface area contributed by atoms with Crippen LogP contribution in [0.2, 0.25) is 0 Å². The van der Waals surface area contributed by atoms with Crippen molar-refractivity contribution in [3.8, 4) is 11.1 Å². The van der Waals surface area contributed by atoms with Crippen molar-refractivity contribution in [1.29, 1.82) is 0 Å². The van der Waals surface area contributed by atoms with Crippen LogP contribution in [0.3, 0.4) is 0 Å². The number of rotatable bonds is 5. The molecule has 0 heterocycles. The zero-order valence-corrected chi connectivity index (χ0v) is 12.2. The summed E-state index contributed by atoms with van der Waals surface area (Å²) in [5.41, 5.74) is 3.79. The van der Waals surface area contributed by atoms with E-state index in [4.69, 9.17) is 9.94 Å². The summed E-state index contributed by atoms with van der Waals surface area (Å²) >= 11 is 0. The Morgan fingerprint density at radius 1 is 1.05 bits per heavy atom. The maximum absolute atomic E-state index is 11.4. The van der Waals surface area contributed by atoms with Crippen LogP contribution in [-0.2, 0) is 16.1 Å². The molecule has 0 aliphatic rings. The molecule has 0 aliphatic heterocycles. The van der Waals surface area contributed by atoms with Crippen LogP contribution in [0.1, 0.15) is 19.4 Å². The summed E-state index contributed by atoms with van der Waals surface area (Å²) in [4.78, 5) is 11.4. The predicted octanol–water partition coefficient (Wildman–Crippen LogP) is 3.15. The van der Waals surface area contributed by atoms with Crippen LogP contribution < -0.4 is 5.48 Å². The minimum absolute atomic E-state index is 0.301. The quantitative estimate of drug-likeness (QED) is 0.655. The molecule has 21 heavy (non-hydrogen) atoms. The van der Waals surface area contributed by atoms with Gasteiger partial charge in [-0.1, -0.05) is 54.6 Å². The highest BCUT2D eigenvalue weighted by Crippen LogP contribution is 2.20. The average Bonchev–Trinajstić information content (AvgIpc) is 2.53. The average molecular weight is 285 g/mol. The van der Waals surface area contributed by atoms with Gasteiger partial charge < -0.3 is 4.74 Å². The molecule has 110 valence electrons. The van der Waals surface area contributed by atoms with Crippen molar-refractivity contribution in [3.63, 3.8) is 0 Å². The largest absolute Gasteiger partial charge is 0.361 e. The van der Waals surface area contributed by atoms with E-state index < -0.39 is 11.5 Å². The van der Waals surface area contributed by atoms with Crippen molar-refractivity contribution < 1.29 is 14.7 Å². The van der Waals surface area contributed by atoms with Crippen molar-refractivity contribution in [2.24, 2.45) is 0 Å². The highest BCUT2D eigenvalue weighted by Gasteiger charge is 2.28. The summed E-state index contributed by atoms with van der Waals surface area (Å²) in [6.45, 7) is 3.52. The van der Waals surface area contributed by atoms with Crippen molar-refractivity contribution >= 4 is 5.91 Å². The lowest BCUT2D eigenvalue weighted by Crippen LogP contribution is -2.42. The lowest BCUT2D eigenvalue weighted by atomic mass is 10.0. The van der Waals surface area contributed by atoms with Gasteiger partial charge in [-0.3, -0.25) is 10.0 Å². The van der Waals surface area contributed by atoms with Crippen molar-refractivity contribution in [2.45, 2.75) is 26.1 Å². The van der Waals surface area contributed by atoms with Crippen LogP contribution in [-0.4, -0.2) is 16.7 Å². The Morgan fingerprint density at radius 2 is 1.62 bits per heavy atom. The molecule has 2 aromatic carbocycles. The highest BCUT2D eigenvalue weighted by molar-refractivity contribution is 5.83. The van der Waals surface area contributed by atoms with Crippen LogP contribution in [0.5, 0.6) is 0 Å². The molecule has 0 saturated carbocycles. The van der Waals surface area contributed by atoms with Crippen molar-refractivity contribution in [2.75, 3.05) is 0 Å². The van der Waals surface area contributed by atoms with Crippen LogP contribution >= 0.6 is 0 Å². The van der Waals surface area contributed by atoms with Crippen molar-refractivity contribution in [3.05, 3.63) is 60.2 Å². The van der Waals surface area contributed by atoms with Crippen LogP contribution in [0.4, 0.5) is 0 Å². The maximum atomic E-state index is 11.4. The van der Waals surface area contributed by atoms with Gasteiger partial charge in [0, 0.05) is 0 Å².